The Balaban J connectivity index is 0. The summed E-state index contributed by atoms with van der Waals surface area (Å²) in [4.78, 5) is 9.83. The molecule has 0 spiro atoms. The number of phenols is 1. The van der Waals surface area contributed by atoms with Gasteiger partial charge in [-0.05, 0) is 18.6 Å². The summed E-state index contributed by atoms with van der Waals surface area (Å²) in [6.07, 6.45) is -0.431. The number of rotatable bonds is 5. The largest absolute Gasteiger partial charge is 0.504 e. The van der Waals surface area contributed by atoms with Gasteiger partial charge in [0.15, 0.2) is 11.5 Å². The Labute approximate surface area is 129 Å². The summed E-state index contributed by atoms with van der Waals surface area (Å²) in [6, 6.07) is 6.84. The first-order valence-corrected chi connectivity index (χ1v) is 6.46. The average Bonchev–Trinajstić information content (AvgIpc) is 2.54. The standard InChI is InChI=1S/C7H8O2.C5H8O2.C3H8O3/c1-9-7-5-3-2-4-6(7)8;1-3-4(2)5(6)7;4-1-3(6)2-5/h2-5,8H,1H3;2-3H2,1H3,(H,6,7);3-6H,1-2H2. The highest BCUT2D eigenvalue weighted by Crippen LogP contribution is 2.22. The van der Waals surface area contributed by atoms with Crippen molar-refractivity contribution in [3.63, 3.8) is 0 Å². The second-order valence-electron chi connectivity index (χ2n) is 3.95. The van der Waals surface area contributed by atoms with Gasteiger partial charge in [0.2, 0.25) is 0 Å². The number of benzene rings is 1. The number of aliphatic hydroxyl groups excluding tert-OH is 3. The highest BCUT2D eigenvalue weighted by atomic mass is 16.5. The minimum Gasteiger partial charge on any atom is -0.504 e. The third kappa shape index (κ3) is 11.7. The van der Waals surface area contributed by atoms with E-state index in [0.29, 0.717) is 12.2 Å². The van der Waals surface area contributed by atoms with Crippen molar-refractivity contribution in [2.75, 3.05) is 20.3 Å². The number of phenolic OH excluding ortho intramolecular Hbond substituents is 1. The van der Waals surface area contributed by atoms with Crippen LogP contribution in [0, 0.1) is 0 Å². The smallest absolute Gasteiger partial charge is 0.330 e. The molecule has 0 radical (unpaired) electrons. The molecule has 7 nitrogen and oxygen atoms in total. The quantitative estimate of drug-likeness (QED) is 0.508. The predicted molar refractivity (Wildman–Crippen MR) is 81.9 cm³/mol. The molecule has 0 aliphatic heterocycles. The fraction of sp³-hybridized carbons (Fsp3) is 0.400. The molecule has 0 unspecified atom stereocenters. The van der Waals surface area contributed by atoms with Crippen molar-refractivity contribution in [3.8, 4) is 11.5 Å². The summed E-state index contributed by atoms with van der Waals surface area (Å²) in [5, 5.41) is 41.1. The summed E-state index contributed by atoms with van der Waals surface area (Å²) >= 11 is 0. The number of hydrogen-bond donors (Lipinski definition) is 5. The fourth-order valence-electron chi connectivity index (χ4n) is 0.839. The summed E-state index contributed by atoms with van der Waals surface area (Å²) in [5.41, 5.74) is 0.264. The van der Waals surface area contributed by atoms with Gasteiger partial charge in [0.05, 0.1) is 20.3 Å². The Morgan fingerprint density at radius 3 is 1.95 bits per heavy atom. The molecule has 0 aliphatic rings. The zero-order valence-corrected chi connectivity index (χ0v) is 12.8. The number of aliphatic hydroxyl groups is 3. The molecule has 0 amide bonds. The van der Waals surface area contributed by atoms with Gasteiger partial charge in [0.25, 0.3) is 0 Å². The van der Waals surface area contributed by atoms with Gasteiger partial charge in [-0.15, -0.1) is 0 Å². The number of carboxylic acids is 1. The molecule has 0 atom stereocenters. The highest BCUT2D eigenvalue weighted by Gasteiger charge is 1.96. The van der Waals surface area contributed by atoms with Crippen molar-refractivity contribution in [1.82, 2.24) is 0 Å². The maximum absolute atomic E-state index is 9.83. The van der Waals surface area contributed by atoms with Crippen LogP contribution in [-0.4, -0.2) is 57.9 Å². The van der Waals surface area contributed by atoms with E-state index in [0.717, 1.165) is 0 Å². The van der Waals surface area contributed by atoms with Gasteiger partial charge in [-0.1, -0.05) is 25.6 Å². The number of methoxy groups -OCH3 is 1. The molecule has 1 rings (SSSR count). The highest BCUT2D eigenvalue weighted by molar-refractivity contribution is 5.85. The van der Waals surface area contributed by atoms with Crippen LogP contribution in [0.4, 0.5) is 0 Å². The second kappa shape index (κ2) is 13.9. The van der Waals surface area contributed by atoms with Crippen LogP contribution in [-0.2, 0) is 4.79 Å². The summed E-state index contributed by atoms with van der Waals surface area (Å²) < 4.78 is 4.79. The molecule has 0 saturated carbocycles. The third-order valence-corrected chi connectivity index (χ3v) is 2.24. The van der Waals surface area contributed by atoms with E-state index < -0.39 is 12.1 Å². The fourth-order valence-corrected chi connectivity index (χ4v) is 0.839. The maximum Gasteiger partial charge on any atom is 0.330 e. The SMILES string of the molecule is C=C(CC)C(=O)O.COc1ccccc1O.OCC(O)CO. The Hall–Kier alpha value is -2.09. The summed E-state index contributed by atoms with van der Waals surface area (Å²) in [5.74, 6) is -0.208. The van der Waals surface area contributed by atoms with Crippen LogP contribution in [0.25, 0.3) is 0 Å². The van der Waals surface area contributed by atoms with Crippen molar-refractivity contribution in [2.24, 2.45) is 0 Å². The molecule has 0 aromatic heterocycles. The van der Waals surface area contributed by atoms with Crippen molar-refractivity contribution in [2.45, 2.75) is 19.4 Å². The van der Waals surface area contributed by atoms with Crippen LogP contribution in [0.2, 0.25) is 0 Å². The first-order chi connectivity index (χ1) is 10.3. The van der Waals surface area contributed by atoms with Gasteiger partial charge in [0.1, 0.15) is 6.10 Å². The number of para-hydroxylation sites is 2. The maximum atomic E-state index is 9.83. The molecule has 22 heavy (non-hydrogen) atoms. The lowest BCUT2D eigenvalue weighted by Gasteiger charge is -1.99. The molecular weight excluding hydrogens is 292 g/mol. The van der Waals surface area contributed by atoms with Gasteiger partial charge in [-0.25, -0.2) is 4.79 Å². The summed E-state index contributed by atoms with van der Waals surface area (Å²) in [7, 11) is 1.52. The first-order valence-electron chi connectivity index (χ1n) is 6.46. The van der Waals surface area contributed by atoms with Crippen LogP contribution in [0.5, 0.6) is 11.5 Å². The van der Waals surface area contributed by atoms with E-state index in [9.17, 15) is 4.79 Å². The lowest BCUT2D eigenvalue weighted by Crippen LogP contribution is -2.15. The van der Waals surface area contributed by atoms with E-state index in [1.165, 1.54) is 7.11 Å². The van der Waals surface area contributed by atoms with E-state index in [1.54, 1.807) is 31.2 Å². The lowest BCUT2D eigenvalue weighted by molar-refractivity contribution is -0.132. The molecule has 7 heteroatoms. The van der Waals surface area contributed by atoms with Crippen molar-refractivity contribution in [3.05, 3.63) is 36.4 Å². The normalized spacial score (nSPS) is 9.00. The van der Waals surface area contributed by atoms with Gasteiger partial charge in [-0.2, -0.15) is 0 Å². The predicted octanol–water partition coefficient (Wildman–Crippen LogP) is 0.770. The number of aromatic hydroxyl groups is 1. The van der Waals surface area contributed by atoms with Crippen LogP contribution in [0.15, 0.2) is 36.4 Å². The minimum absolute atomic E-state index is 0.181. The van der Waals surface area contributed by atoms with E-state index in [1.807, 2.05) is 0 Å². The monoisotopic (exact) mass is 316 g/mol. The molecule has 0 saturated heterocycles. The lowest BCUT2D eigenvalue weighted by atomic mass is 10.2. The number of hydrogen-bond acceptors (Lipinski definition) is 6. The van der Waals surface area contributed by atoms with Gasteiger partial charge >= 0.3 is 5.97 Å². The zero-order valence-electron chi connectivity index (χ0n) is 12.8. The Morgan fingerprint density at radius 2 is 1.77 bits per heavy atom. The minimum atomic E-state index is -0.954. The molecule has 1 aromatic rings. The average molecular weight is 316 g/mol. The summed E-state index contributed by atoms with van der Waals surface area (Å²) in [6.45, 7) is 4.30. The van der Waals surface area contributed by atoms with E-state index in [-0.39, 0.29) is 24.5 Å². The molecule has 126 valence electrons. The third-order valence-electron chi connectivity index (χ3n) is 2.24. The van der Waals surface area contributed by atoms with Crippen molar-refractivity contribution >= 4 is 5.97 Å². The number of carbonyl (C=O) groups is 1. The number of aliphatic carboxylic acids is 1. The number of ether oxygens (including phenoxy) is 1. The Bertz CT molecular complexity index is 428. The molecule has 0 aliphatic carbocycles. The topological polar surface area (TPSA) is 127 Å². The van der Waals surface area contributed by atoms with Gasteiger partial charge in [-0.3, -0.25) is 0 Å². The van der Waals surface area contributed by atoms with Gasteiger partial charge in [0, 0.05) is 5.57 Å². The van der Waals surface area contributed by atoms with E-state index in [4.69, 9.17) is 30.3 Å². The van der Waals surface area contributed by atoms with E-state index in [2.05, 4.69) is 6.58 Å². The molecule has 0 heterocycles. The molecule has 1 aromatic carbocycles. The Kier molecular flexibility index (Phi) is 14.0. The second-order valence-corrected chi connectivity index (χ2v) is 3.95. The van der Waals surface area contributed by atoms with Crippen molar-refractivity contribution in [1.29, 1.82) is 0 Å². The molecular formula is C15H24O7. The molecule has 0 fully saturated rings. The van der Waals surface area contributed by atoms with Crippen LogP contribution in [0.3, 0.4) is 0 Å². The first kappa shape index (κ1) is 22.2. The zero-order chi connectivity index (χ0) is 17.5. The van der Waals surface area contributed by atoms with E-state index >= 15 is 0 Å². The van der Waals surface area contributed by atoms with Crippen LogP contribution in [0.1, 0.15) is 13.3 Å². The molecule has 0 bridgehead atoms. The van der Waals surface area contributed by atoms with Gasteiger partial charge < -0.3 is 30.3 Å². The van der Waals surface area contributed by atoms with Crippen molar-refractivity contribution < 1.29 is 35.1 Å². The van der Waals surface area contributed by atoms with Crippen LogP contribution >= 0.6 is 0 Å². The van der Waals surface area contributed by atoms with Crippen LogP contribution < -0.4 is 4.74 Å². The Morgan fingerprint density at radius 1 is 1.27 bits per heavy atom. The molecule has 5 N–H and O–H groups in total. The number of carboxylic acid groups (broad SMARTS) is 1.